The van der Waals surface area contributed by atoms with Crippen molar-refractivity contribution >= 4 is 11.0 Å². The van der Waals surface area contributed by atoms with E-state index in [-0.39, 0.29) is 0 Å². The van der Waals surface area contributed by atoms with Gasteiger partial charge in [0.25, 0.3) is 0 Å². The molecule has 0 radical (unpaired) electrons. The lowest BCUT2D eigenvalue weighted by molar-refractivity contribution is 0.168. The monoisotopic (exact) mass is 252 g/mol. The van der Waals surface area contributed by atoms with Crippen LogP contribution in [0.1, 0.15) is 23.7 Å². The van der Waals surface area contributed by atoms with Crippen LogP contribution in [0.5, 0.6) is 0 Å². The van der Waals surface area contributed by atoms with Crippen molar-refractivity contribution < 1.29 is 9.52 Å². The van der Waals surface area contributed by atoms with Gasteiger partial charge in [0.2, 0.25) is 0 Å². The predicted octanol–water partition coefficient (Wildman–Crippen LogP) is 4.10. The maximum absolute atomic E-state index is 10.3. The van der Waals surface area contributed by atoms with Crippen LogP contribution in [-0.2, 0) is 6.42 Å². The van der Waals surface area contributed by atoms with E-state index in [1.165, 1.54) is 5.56 Å². The van der Waals surface area contributed by atoms with Gasteiger partial charge in [-0.2, -0.15) is 0 Å². The van der Waals surface area contributed by atoms with Crippen LogP contribution < -0.4 is 0 Å². The van der Waals surface area contributed by atoms with E-state index in [2.05, 4.69) is 12.1 Å². The normalized spacial score (nSPS) is 12.7. The number of hydrogen-bond donors (Lipinski definition) is 1. The summed E-state index contributed by atoms with van der Waals surface area (Å²) in [4.78, 5) is 0. The number of para-hydroxylation sites is 1. The molecule has 0 saturated carbocycles. The average molecular weight is 252 g/mol. The number of aliphatic hydroxyl groups is 1. The van der Waals surface area contributed by atoms with Gasteiger partial charge in [-0.3, -0.25) is 0 Å². The second kappa shape index (κ2) is 5.29. The van der Waals surface area contributed by atoms with Crippen molar-refractivity contribution in [3.63, 3.8) is 0 Å². The summed E-state index contributed by atoms with van der Waals surface area (Å²) in [5.41, 5.74) is 2.96. The number of rotatable bonds is 4. The van der Waals surface area contributed by atoms with Crippen LogP contribution in [0, 0.1) is 0 Å². The zero-order valence-electron chi connectivity index (χ0n) is 10.6. The number of hydrogen-bond acceptors (Lipinski definition) is 2. The highest BCUT2D eigenvalue weighted by Crippen LogP contribution is 2.28. The Bertz CT molecular complexity index is 655. The molecular weight excluding hydrogens is 236 g/mol. The van der Waals surface area contributed by atoms with E-state index in [0.29, 0.717) is 6.42 Å². The molecule has 1 aromatic heterocycles. The molecule has 0 saturated heterocycles. The standard InChI is InChI=1S/C17H16O2/c18-16(11-10-13-6-2-1-3-7-13)15-12-19-17-9-5-4-8-14(15)17/h1-9,12,16,18H,10-11H2. The van der Waals surface area contributed by atoms with Crippen LogP contribution in [-0.4, -0.2) is 5.11 Å². The lowest BCUT2D eigenvalue weighted by Gasteiger charge is -2.09. The molecule has 1 unspecified atom stereocenters. The van der Waals surface area contributed by atoms with Crippen LogP contribution >= 0.6 is 0 Å². The second-order valence-corrected chi connectivity index (χ2v) is 4.73. The third-order valence-corrected chi connectivity index (χ3v) is 3.42. The van der Waals surface area contributed by atoms with Gasteiger partial charge in [0.05, 0.1) is 12.4 Å². The van der Waals surface area contributed by atoms with E-state index >= 15 is 0 Å². The molecule has 3 rings (SSSR count). The number of benzene rings is 2. The molecule has 0 aliphatic heterocycles. The molecule has 2 nitrogen and oxygen atoms in total. The van der Waals surface area contributed by atoms with Crippen molar-refractivity contribution in [2.75, 3.05) is 0 Å². The van der Waals surface area contributed by atoms with Gasteiger partial charge < -0.3 is 9.52 Å². The molecule has 1 atom stereocenters. The van der Waals surface area contributed by atoms with Crippen molar-refractivity contribution in [2.45, 2.75) is 18.9 Å². The van der Waals surface area contributed by atoms with Crippen LogP contribution in [0.4, 0.5) is 0 Å². The Morgan fingerprint density at radius 1 is 0.947 bits per heavy atom. The zero-order chi connectivity index (χ0) is 13.1. The smallest absolute Gasteiger partial charge is 0.134 e. The summed E-state index contributed by atoms with van der Waals surface area (Å²) in [6.45, 7) is 0. The van der Waals surface area contributed by atoms with Gasteiger partial charge in [0.15, 0.2) is 0 Å². The van der Waals surface area contributed by atoms with E-state index in [1.54, 1.807) is 6.26 Å². The molecule has 0 aliphatic rings. The molecule has 0 fully saturated rings. The summed E-state index contributed by atoms with van der Waals surface area (Å²) in [5, 5.41) is 11.3. The Balaban J connectivity index is 1.75. The zero-order valence-corrected chi connectivity index (χ0v) is 10.6. The highest BCUT2D eigenvalue weighted by molar-refractivity contribution is 5.81. The van der Waals surface area contributed by atoms with Gasteiger partial charge in [0, 0.05) is 10.9 Å². The first kappa shape index (κ1) is 12.0. The Hall–Kier alpha value is -2.06. The number of fused-ring (bicyclic) bond motifs is 1. The fraction of sp³-hybridized carbons (Fsp3) is 0.176. The maximum atomic E-state index is 10.3. The van der Waals surface area contributed by atoms with Gasteiger partial charge in [-0.15, -0.1) is 0 Å². The topological polar surface area (TPSA) is 33.4 Å². The van der Waals surface area contributed by atoms with Crippen LogP contribution in [0.2, 0.25) is 0 Å². The second-order valence-electron chi connectivity index (χ2n) is 4.73. The molecule has 1 N–H and O–H groups in total. The molecule has 0 spiro atoms. The maximum Gasteiger partial charge on any atom is 0.134 e. The van der Waals surface area contributed by atoms with E-state index in [9.17, 15) is 5.11 Å². The molecule has 96 valence electrons. The minimum Gasteiger partial charge on any atom is -0.464 e. The molecule has 0 bridgehead atoms. The molecule has 0 aliphatic carbocycles. The molecule has 0 amide bonds. The van der Waals surface area contributed by atoms with E-state index in [0.717, 1.165) is 23.0 Å². The molecule has 3 aromatic rings. The Morgan fingerprint density at radius 3 is 2.53 bits per heavy atom. The summed E-state index contributed by atoms with van der Waals surface area (Å²) >= 11 is 0. The SMILES string of the molecule is OC(CCc1ccccc1)c1coc2ccccc12. The predicted molar refractivity (Wildman–Crippen MR) is 75.9 cm³/mol. The summed E-state index contributed by atoms with van der Waals surface area (Å²) in [6.07, 6.45) is 2.75. The Morgan fingerprint density at radius 2 is 1.68 bits per heavy atom. The lowest BCUT2D eigenvalue weighted by Crippen LogP contribution is -1.98. The largest absolute Gasteiger partial charge is 0.464 e. The first-order chi connectivity index (χ1) is 9.34. The molecule has 1 heterocycles. The Kier molecular flexibility index (Phi) is 3.34. The van der Waals surface area contributed by atoms with Crippen molar-refractivity contribution in [3.8, 4) is 0 Å². The fourth-order valence-corrected chi connectivity index (χ4v) is 2.36. The highest BCUT2D eigenvalue weighted by Gasteiger charge is 2.14. The molecule has 19 heavy (non-hydrogen) atoms. The molecule has 2 aromatic carbocycles. The summed E-state index contributed by atoms with van der Waals surface area (Å²) in [5.74, 6) is 0. The van der Waals surface area contributed by atoms with Gasteiger partial charge in [0.1, 0.15) is 5.58 Å². The van der Waals surface area contributed by atoms with Crippen LogP contribution in [0.25, 0.3) is 11.0 Å². The van der Waals surface area contributed by atoms with Crippen molar-refractivity contribution in [3.05, 3.63) is 72.0 Å². The minimum absolute atomic E-state index is 0.483. The third-order valence-electron chi connectivity index (χ3n) is 3.42. The first-order valence-electron chi connectivity index (χ1n) is 6.53. The quantitative estimate of drug-likeness (QED) is 0.758. The number of furan rings is 1. The van der Waals surface area contributed by atoms with Crippen LogP contribution in [0.3, 0.4) is 0 Å². The van der Waals surface area contributed by atoms with E-state index in [1.807, 2.05) is 42.5 Å². The Labute approximate surface area is 112 Å². The third kappa shape index (κ3) is 2.54. The fourth-order valence-electron chi connectivity index (χ4n) is 2.36. The first-order valence-corrected chi connectivity index (χ1v) is 6.53. The number of aliphatic hydroxyl groups excluding tert-OH is 1. The van der Waals surface area contributed by atoms with E-state index in [4.69, 9.17) is 4.42 Å². The van der Waals surface area contributed by atoms with Gasteiger partial charge >= 0.3 is 0 Å². The van der Waals surface area contributed by atoms with Crippen molar-refractivity contribution in [2.24, 2.45) is 0 Å². The summed E-state index contributed by atoms with van der Waals surface area (Å²) in [7, 11) is 0. The average Bonchev–Trinajstić information content (AvgIpc) is 2.90. The molecule has 2 heteroatoms. The summed E-state index contributed by atoms with van der Waals surface area (Å²) in [6, 6.07) is 18.0. The van der Waals surface area contributed by atoms with Crippen molar-refractivity contribution in [1.82, 2.24) is 0 Å². The lowest BCUT2D eigenvalue weighted by atomic mass is 10.0. The van der Waals surface area contributed by atoms with E-state index < -0.39 is 6.10 Å². The summed E-state index contributed by atoms with van der Waals surface area (Å²) < 4.78 is 5.46. The minimum atomic E-state index is -0.483. The highest BCUT2D eigenvalue weighted by atomic mass is 16.3. The van der Waals surface area contributed by atoms with Crippen LogP contribution in [0.15, 0.2) is 65.3 Å². The van der Waals surface area contributed by atoms with Gasteiger partial charge in [-0.1, -0.05) is 48.5 Å². The number of aryl methyl sites for hydroxylation is 1. The van der Waals surface area contributed by atoms with Gasteiger partial charge in [-0.05, 0) is 24.5 Å². The molecular formula is C17H16O2. The van der Waals surface area contributed by atoms with Gasteiger partial charge in [-0.25, -0.2) is 0 Å². The van der Waals surface area contributed by atoms with Crippen molar-refractivity contribution in [1.29, 1.82) is 0 Å².